The van der Waals surface area contributed by atoms with Crippen molar-refractivity contribution in [2.75, 3.05) is 0 Å². The van der Waals surface area contributed by atoms with E-state index in [9.17, 15) is 4.79 Å². The fourth-order valence-electron chi connectivity index (χ4n) is 1.76. The predicted molar refractivity (Wildman–Crippen MR) is 76.5 cm³/mol. The molecule has 0 saturated carbocycles. The van der Waals surface area contributed by atoms with Gasteiger partial charge in [-0.2, -0.15) is 0 Å². The summed E-state index contributed by atoms with van der Waals surface area (Å²) in [6.45, 7) is 3.81. The number of carbonyl (C=O) groups excluding carboxylic acids is 1. The summed E-state index contributed by atoms with van der Waals surface area (Å²) in [5, 5.41) is 0. The van der Waals surface area contributed by atoms with Crippen LogP contribution in [0.3, 0.4) is 0 Å². The van der Waals surface area contributed by atoms with Crippen LogP contribution in [0.5, 0.6) is 0 Å². The zero-order valence-electron chi connectivity index (χ0n) is 10.7. The summed E-state index contributed by atoms with van der Waals surface area (Å²) in [6.07, 6.45) is 1.79. The van der Waals surface area contributed by atoms with Crippen LogP contribution in [0.4, 0.5) is 0 Å². The van der Waals surface area contributed by atoms with E-state index in [1.54, 1.807) is 6.08 Å². The molecule has 0 aromatic heterocycles. The van der Waals surface area contributed by atoms with Gasteiger partial charge in [-0.25, -0.2) is 0 Å². The van der Waals surface area contributed by atoms with Crippen molar-refractivity contribution in [2.45, 2.75) is 13.0 Å². The number of hydrogen-bond acceptors (Lipinski definition) is 2. The Morgan fingerprint density at radius 2 is 1.63 bits per heavy atom. The molecule has 0 aliphatic heterocycles. The molecule has 2 heteroatoms. The first-order chi connectivity index (χ1) is 9.29. The lowest BCUT2D eigenvalue weighted by Crippen LogP contribution is -2.02. The molecule has 2 rings (SSSR count). The van der Waals surface area contributed by atoms with Crippen LogP contribution < -0.4 is 0 Å². The fraction of sp³-hybridized carbons (Fsp3) is 0.118. The van der Waals surface area contributed by atoms with Gasteiger partial charge in [0.1, 0.15) is 6.61 Å². The average Bonchev–Trinajstić information content (AvgIpc) is 2.47. The van der Waals surface area contributed by atoms with Crippen LogP contribution >= 0.6 is 0 Å². The highest BCUT2D eigenvalue weighted by atomic mass is 16.5. The first-order valence-electron chi connectivity index (χ1n) is 6.20. The zero-order chi connectivity index (χ0) is 13.5. The van der Waals surface area contributed by atoms with Crippen molar-refractivity contribution < 1.29 is 9.53 Å². The van der Waals surface area contributed by atoms with Gasteiger partial charge in [0.25, 0.3) is 0 Å². The van der Waals surface area contributed by atoms with Gasteiger partial charge in [-0.3, -0.25) is 4.79 Å². The van der Waals surface area contributed by atoms with Crippen molar-refractivity contribution in [1.82, 2.24) is 0 Å². The molecular weight excluding hydrogens is 236 g/mol. The van der Waals surface area contributed by atoms with Crippen LogP contribution in [0.25, 0.3) is 11.1 Å². The van der Waals surface area contributed by atoms with Gasteiger partial charge in [0, 0.05) is 0 Å². The van der Waals surface area contributed by atoms with E-state index < -0.39 is 0 Å². The molecule has 0 unspecified atom stereocenters. The summed E-state index contributed by atoms with van der Waals surface area (Å²) < 4.78 is 5.10. The van der Waals surface area contributed by atoms with Crippen LogP contribution in [0.2, 0.25) is 0 Å². The van der Waals surface area contributed by atoms with E-state index in [2.05, 4.69) is 18.7 Å². The Hall–Kier alpha value is -2.35. The number of hydrogen-bond donors (Lipinski definition) is 0. The van der Waals surface area contributed by atoms with Crippen LogP contribution in [-0.4, -0.2) is 5.97 Å². The van der Waals surface area contributed by atoms with E-state index in [1.165, 1.54) is 5.56 Å². The van der Waals surface area contributed by atoms with Gasteiger partial charge < -0.3 is 4.74 Å². The molecule has 0 fully saturated rings. The third kappa shape index (κ3) is 3.81. The van der Waals surface area contributed by atoms with Gasteiger partial charge in [0.15, 0.2) is 0 Å². The van der Waals surface area contributed by atoms with E-state index in [-0.39, 0.29) is 12.4 Å². The largest absolute Gasteiger partial charge is 0.461 e. The van der Waals surface area contributed by atoms with Crippen molar-refractivity contribution in [3.8, 4) is 11.1 Å². The van der Waals surface area contributed by atoms with Crippen molar-refractivity contribution in [1.29, 1.82) is 0 Å². The molecule has 19 heavy (non-hydrogen) atoms. The summed E-state index contributed by atoms with van der Waals surface area (Å²) in [4.78, 5) is 11.2. The number of rotatable bonds is 5. The van der Waals surface area contributed by atoms with Gasteiger partial charge >= 0.3 is 5.97 Å². The Bertz CT molecular complexity index is 541. The fourth-order valence-corrected chi connectivity index (χ4v) is 1.76. The number of esters is 1. The second-order valence-corrected chi connectivity index (χ2v) is 4.22. The van der Waals surface area contributed by atoms with Crippen LogP contribution in [0.15, 0.2) is 67.3 Å². The Kier molecular flexibility index (Phi) is 4.51. The molecule has 0 spiro atoms. The quantitative estimate of drug-likeness (QED) is 0.594. The molecule has 96 valence electrons. The first-order valence-corrected chi connectivity index (χ1v) is 6.20. The summed E-state index contributed by atoms with van der Waals surface area (Å²) in [6, 6.07) is 18.2. The molecule has 0 saturated heterocycles. The second-order valence-electron chi connectivity index (χ2n) is 4.22. The molecule has 0 aliphatic carbocycles. The minimum atomic E-state index is -0.248. The van der Waals surface area contributed by atoms with E-state index in [1.807, 2.05) is 42.5 Å². The lowest BCUT2D eigenvalue weighted by atomic mass is 10.0. The van der Waals surface area contributed by atoms with Crippen molar-refractivity contribution in [3.05, 3.63) is 72.8 Å². The van der Waals surface area contributed by atoms with E-state index in [0.717, 1.165) is 11.1 Å². The molecular formula is C17H16O2. The highest BCUT2D eigenvalue weighted by molar-refractivity contribution is 5.71. The standard InChI is InChI=1S/C17H16O2/c1-2-6-17(18)19-13-14-9-11-16(12-10-14)15-7-4-3-5-8-15/h2-5,7-12H,1,6,13H2. The van der Waals surface area contributed by atoms with Crippen LogP contribution in [0, 0.1) is 0 Å². The second kappa shape index (κ2) is 6.55. The monoisotopic (exact) mass is 252 g/mol. The molecule has 0 heterocycles. The summed E-state index contributed by atoms with van der Waals surface area (Å²) in [7, 11) is 0. The minimum Gasteiger partial charge on any atom is -0.461 e. The number of carbonyl (C=O) groups is 1. The van der Waals surface area contributed by atoms with Gasteiger partial charge in [0.05, 0.1) is 6.42 Å². The van der Waals surface area contributed by atoms with Crippen molar-refractivity contribution in [2.24, 2.45) is 0 Å². The van der Waals surface area contributed by atoms with E-state index >= 15 is 0 Å². The number of ether oxygens (including phenoxy) is 1. The topological polar surface area (TPSA) is 26.3 Å². The van der Waals surface area contributed by atoms with E-state index in [4.69, 9.17) is 4.74 Å². The summed E-state index contributed by atoms with van der Waals surface area (Å²) in [5.41, 5.74) is 3.32. The van der Waals surface area contributed by atoms with Gasteiger partial charge in [-0.05, 0) is 16.7 Å². The Balaban J connectivity index is 1.99. The molecule has 0 aliphatic rings. The Labute approximate surface area is 113 Å². The SMILES string of the molecule is C=CCC(=O)OCc1ccc(-c2ccccc2)cc1. The lowest BCUT2D eigenvalue weighted by molar-refractivity contribution is -0.143. The van der Waals surface area contributed by atoms with E-state index in [0.29, 0.717) is 6.61 Å². The summed E-state index contributed by atoms with van der Waals surface area (Å²) in [5.74, 6) is -0.248. The van der Waals surface area contributed by atoms with Crippen molar-refractivity contribution in [3.63, 3.8) is 0 Å². The van der Waals surface area contributed by atoms with Crippen LogP contribution in [-0.2, 0) is 16.1 Å². The third-order valence-electron chi connectivity index (χ3n) is 2.77. The van der Waals surface area contributed by atoms with Gasteiger partial charge in [-0.15, -0.1) is 6.58 Å². The highest BCUT2D eigenvalue weighted by Crippen LogP contribution is 2.19. The molecule has 0 amide bonds. The average molecular weight is 252 g/mol. The van der Waals surface area contributed by atoms with Crippen LogP contribution in [0.1, 0.15) is 12.0 Å². The van der Waals surface area contributed by atoms with Gasteiger partial charge in [-0.1, -0.05) is 60.7 Å². The maximum atomic E-state index is 11.2. The molecule has 2 aromatic rings. The number of benzene rings is 2. The molecule has 2 nitrogen and oxygen atoms in total. The lowest BCUT2D eigenvalue weighted by Gasteiger charge is -2.05. The highest BCUT2D eigenvalue weighted by Gasteiger charge is 2.01. The summed E-state index contributed by atoms with van der Waals surface area (Å²) >= 11 is 0. The minimum absolute atomic E-state index is 0.248. The maximum absolute atomic E-state index is 11.2. The van der Waals surface area contributed by atoms with Crippen molar-refractivity contribution >= 4 is 5.97 Å². The zero-order valence-corrected chi connectivity index (χ0v) is 10.7. The third-order valence-corrected chi connectivity index (χ3v) is 2.77. The normalized spacial score (nSPS) is 9.89. The molecule has 0 radical (unpaired) electrons. The molecule has 0 N–H and O–H groups in total. The Morgan fingerprint density at radius 1 is 1.00 bits per heavy atom. The molecule has 0 atom stereocenters. The Morgan fingerprint density at radius 3 is 2.26 bits per heavy atom. The first kappa shape index (κ1) is 13.1. The predicted octanol–water partition coefficient (Wildman–Crippen LogP) is 3.97. The van der Waals surface area contributed by atoms with Gasteiger partial charge in [0.2, 0.25) is 0 Å². The smallest absolute Gasteiger partial charge is 0.309 e. The molecule has 2 aromatic carbocycles. The maximum Gasteiger partial charge on any atom is 0.309 e. The molecule has 0 bridgehead atoms.